The molecule has 0 atom stereocenters. The molecule has 0 radical (unpaired) electrons. The lowest BCUT2D eigenvalue weighted by Gasteiger charge is -2.11. The van der Waals surface area contributed by atoms with Crippen LogP contribution in [0, 0.1) is 13.8 Å². The highest BCUT2D eigenvalue weighted by molar-refractivity contribution is 5.74. The van der Waals surface area contributed by atoms with Crippen LogP contribution in [-0.2, 0) is 0 Å². The molecule has 0 fully saturated rings. The second-order valence-electron chi connectivity index (χ2n) is 5.68. The van der Waals surface area contributed by atoms with Crippen molar-refractivity contribution in [2.75, 3.05) is 12.8 Å². The number of anilines is 1. The molecule has 0 aliphatic rings. The van der Waals surface area contributed by atoms with Gasteiger partial charge in [-0.3, -0.25) is 0 Å². The van der Waals surface area contributed by atoms with Gasteiger partial charge in [0.2, 0.25) is 5.95 Å². The Balaban J connectivity index is 2.15. The molecule has 3 aromatic rings. The standard InChI is InChI=1S/C19H19N3O2/c1-11-7-15(18(23)8-12(11)2)17-10-16(21-19(20)22-17)13-5-4-6-14(9-13)24-3/h4-10,23H,1-3H3,(H2,20,21,22). The first-order chi connectivity index (χ1) is 11.5. The molecule has 0 saturated heterocycles. The van der Waals surface area contributed by atoms with Gasteiger partial charge in [-0.25, -0.2) is 9.97 Å². The van der Waals surface area contributed by atoms with E-state index in [2.05, 4.69) is 9.97 Å². The first-order valence-electron chi connectivity index (χ1n) is 7.57. The summed E-state index contributed by atoms with van der Waals surface area (Å²) < 4.78 is 5.25. The van der Waals surface area contributed by atoms with E-state index >= 15 is 0 Å². The highest BCUT2D eigenvalue weighted by Crippen LogP contribution is 2.33. The molecule has 1 aromatic heterocycles. The summed E-state index contributed by atoms with van der Waals surface area (Å²) in [5.74, 6) is 1.07. The number of rotatable bonds is 3. The smallest absolute Gasteiger partial charge is 0.221 e. The second kappa shape index (κ2) is 6.20. The number of aromatic nitrogens is 2. The van der Waals surface area contributed by atoms with Crippen molar-refractivity contribution in [1.82, 2.24) is 9.97 Å². The second-order valence-corrected chi connectivity index (χ2v) is 5.68. The van der Waals surface area contributed by atoms with Gasteiger partial charge in [-0.15, -0.1) is 0 Å². The molecule has 0 aliphatic carbocycles. The van der Waals surface area contributed by atoms with Crippen molar-refractivity contribution >= 4 is 5.95 Å². The van der Waals surface area contributed by atoms with Gasteiger partial charge in [-0.05, 0) is 55.3 Å². The zero-order valence-electron chi connectivity index (χ0n) is 13.9. The number of nitrogen functional groups attached to an aromatic ring is 1. The van der Waals surface area contributed by atoms with Gasteiger partial charge < -0.3 is 15.6 Å². The zero-order valence-corrected chi connectivity index (χ0v) is 13.9. The van der Waals surface area contributed by atoms with E-state index in [1.165, 1.54) is 0 Å². The van der Waals surface area contributed by atoms with Gasteiger partial charge >= 0.3 is 0 Å². The van der Waals surface area contributed by atoms with Crippen LogP contribution in [0.2, 0.25) is 0 Å². The molecule has 122 valence electrons. The number of aromatic hydroxyl groups is 1. The number of nitrogens with two attached hydrogens (primary N) is 1. The predicted molar refractivity (Wildman–Crippen MR) is 95.0 cm³/mol. The molecular weight excluding hydrogens is 302 g/mol. The third kappa shape index (κ3) is 3.01. The van der Waals surface area contributed by atoms with E-state index in [0.29, 0.717) is 17.0 Å². The molecule has 1 heterocycles. The number of benzene rings is 2. The topological polar surface area (TPSA) is 81.3 Å². The maximum absolute atomic E-state index is 10.3. The molecule has 5 heteroatoms. The van der Waals surface area contributed by atoms with Crippen LogP contribution in [0.4, 0.5) is 5.95 Å². The summed E-state index contributed by atoms with van der Waals surface area (Å²) in [6.45, 7) is 3.95. The van der Waals surface area contributed by atoms with Crippen LogP contribution in [-0.4, -0.2) is 22.2 Å². The number of nitrogens with zero attached hydrogens (tertiary/aromatic N) is 2. The van der Waals surface area contributed by atoms with E-state index in [4.69, 9.17) is 10.5 Å². The third-order valence-corrected chi connectivity index (χ3v) is 4.00. The average Bonchev–Trinajstić information content (AvgIpc) is 2.57. The van der Waals surface area contributed by atoms with Gasteiger partial charge in [0.05, 0.1) is 18.5 Å². The normalized spacial score (nSPS) is 10.6. The number of hydrogen-bond donors (Lipinski definition) is 2. The van der Waals surface area contributed by atoms with Crippen LogP contribution in [0.5, 0.6) is 11.5 Å². The predicted octanol–water partition coefficient (Wildman–Crippen LogP) is 3.72. The highest BCUT2D eigenvalue weighted by atomic mass is 16.5. The van der Waals surface area contributed by atoms with E-state index in [9.17, 15) is 5.11 Å². The number of aryl methyl sites for hydroxylation is 2. The van der Waals surface area contributed by atoms with Gasteiger partial charge in [-0.1, -0.05) is 12.1 Å². The Kier molecular flexibility index (Phi) is 4.08. The largest absolute Gasteiger partial charge is 0.507 e. The highest BCUT2D eigenvalue weighted by Gasteiger charge is 2.12. The van der Waals surface area contributed by atoms with E-state index in [1.807, 2.05) is 50.2 Å². The maximum atomic E-state index is 10.3. The summed E-state index contributed by atoms with van der Waals surface area (Å²) >= 11 is 0. The van der Waals surface area contributed by atoms with Crippen molar-refractivity contribution in [3.8, 4) is 34.0 Å². The fraction of sp³-hybridized carbons (Fsp3) is 0.158. The minimum Gasteiger partial charge on any atom is -0.507 e. The maximum Gasteiger partial charge on any atom is 0.221 e. The number of methoxy groups -OCH3 is 1. The van der Waals surface area contributed by atoms with Crippen molar-refractivity contribution in [3.63, 3.8) is 0 Å². The molecule has 0 unspecified atom stereocenters. The lowest BCUT2D eigenvalue weighted by molar-refractivity contribution is 0.415. The fourth-order valence-electron chi connectivity index (χ4n) is 2.54. The van der Waals surface area contributed by atoms with Crippen LogP contribution in [0.25, 0.3) is 22.5 Å². The summed E-state index contributed by atoms with van der Waals surface area (Å²) in [5.41, 5.74) is 10.7. The molecule has 0 saturated carbocycles. The zero-order chi connectivity index (χ0) is 17.3. The van der Waals surface area contributed by atoms with Crippen molar-refractivity contribution in [2.45, 2.75) is 13.8 Å². The Hall–Kier alpha value is -3.08. The lowest BCUT2D eigenvalue weighted by Crippen LogP contribution is -1.99. The Labute approximate surface area is 140 Å². The lowest BCUT2D eigenvalue weighted by atomic mass is 10.0. The molecule has 3 rings (SSSR count). The molecule has 24 heavy (non-hydrogen) atoms. The van der Waals surface area contributed by atoms with Crippen molar-refractivity contribution in [1.29, 1.82) is 0 Å². The number of hydrogen-bond acceptors (Lipinski definition) is 5. The van der Waals surface area contributed by atoms with Crippen molar-refractivity contribution in [3.05, 3.63) is 53.6 Å². The van der Waals surface area contributed by atoms with Crippen LogP contribution in [0.15, 0.2) is 42.5 Å². The Morgan fingerprint density at radius 1 is 0.958 bits per heavy atom. The Morgan fingerprint density at radius 2 is 1.67 bits per heavy atom. The van der Waals surface area contributed by atoms with Gasteiger partial charge in [0.25, 0.3) is 0 Å². The van der Waals surface area contributed by atoms with Crippen LogP contribution >= 0.6 is 0 Å². The Bertz CT molecular complexity index is 907. The number of ether oxygens (including phenoxy) is 1. The monoisotopic (exact) mass is 321 g/mol. The molecular formula is C19H19N3O2. The number of phenols is 1. The Morgan fingerprint density at radius 3 is 2.42 bits per heavy atom. The van der Waals surface area contributed by atoms with Crippen molar-refractivity contribution in [2.24, 2.45) is 0 Å². The molecule has 0 amide bonds. The summed E-state index contributed by atoms with van der Waals surface area (Å²) in [6.07, 6.45) is 0. The fourth-order valence-corrected chi connectivity index (χ4v) is 2.54. The van der Waals surface area contributed by atoms with Gasteiger partial charge in [0.15, 0.2) is 0 Å². The SMILES string of the molecule is COc1cccc(-c2cc(-c3cc(C)c(C)cc3O)nc(N)n2)c1. The summed E-state index contributed by atoms with van der Waals surface area (Å²) in [5, 5.41) is 10.3. The summed E-state index contributed by atoms with van der Waals surface area (Å²) in [7, 11) is 1.62. The summed E-state index contributed by atoms with van der Waals surface area (Å²) in [6, 6.07) is 13.0. The van der Waals surface area contributed by atoms with E-state index in [1.54, 1.807) is 13.2 Å². The van der Waals surface area contributed by atoms with Crippen LogP contribution in [0.3, 0.4) is 0 Å². The first kappa shape index (κ1) is 15.8. The van der Waals surface area contributed by atoms with Crippen LogP contribution < -0.4 is 10.5 Å². The van der Waals surface area contributed by atoms with Crippen molar-refractivity contribution < 1.29 is 9.84 Å². The molecule has 3 N–H and O–H groups in total. The summed E-state index contributed by atoms with van der Waals surface area (Å²) in [4.78, 5) is 8.58. The molecule has 2 aromatic carbocycles. The molecule has 0 bridgehead atoms. The third-order valence-electron chi connectivity index (χ3n) is 4.00. The average molecular weight is 321 g/mol. The minimum atomic E-state index is 0.156. The van der Waals surface area contributed by atoms with Gasteiger partial charge in [0.1, 0.15) is 11.5 Å². The van der Waals surface area contributed by atoms with E-state index in [-0.39, 0.29) is 11.7 Å². The molecule has 0 spiro atoms. The van der Waals surface area contributed by atoms with Crippen LogP contribution in [0.1, 0.15) is 11.1 Å². The molecule has 0 aliphatic heterocycles. The minimum absolute atomic E-state index is 0.156. The van der Waals surface area contributed by atoms with E-state index < -0.39 is 0 Å². The molecule has 5 nitrogen and oxygen atoms in total. The first-order valence-corrected chi connectivity index (χ1v) is 7.57. The van der Waals surface area contributed by atoms with E-state index in [0.717, 1.165) is 22.4 Å². The van der Waals surface area contributed by atoms with Gasteiger partial charge in [-0.2, -0.15) is 0 Å². The quantitative estimate of drug-likeness (QED) is 0.768. The van der Waals surface area contributed by atoms with Gasteiger partial charge in [0, 0.05) is 11.1 Å². The number of phenolic OH excluding ortho intramolecular Hbond substituents is 1.